The fourth-order valence-electron chi connectivity index (χ4n) is 1.50. The lowest BCUT2D eigenvalue weighted by molar-refractivity contribution is -0.120. The fourth-order valence-corrected chi connectivity index (χ4v) is 1.61. The topological polar surface area (TPSA) is 29.1 Å². The van der Waals surface area contributed by atoms with Crippen LogP contribution in [0.15, 0.2) is 18.2 Å². The Labute approximate surface area is 110 Å². The molecule has 5 heteroatoms. The van der Waals surface area contributed by atoms with E-state index in [0.29, 0.717) is 13.0 Å². The Bertz CT molecular complexity index is 392. The maximum Gasteiger partial charge on any atom is 0.224 e. The van der Waals surface area contributed by atoms with Gasteiger partial charge in [-0.1, -0.05) is 13.0 Å². The first-order chi connectivity index (χ1) is 8.54. The highest BCUT2D eigenvalue weighted by Gasteiger charge is 2.12. The van der Waals surface area contributed by atoms with Crippen LogP contribution in [0.4, 0.5) is 8.78 Å². The van der Waals surface area contributed by atoms with Gasteiger partial charge < -0.3 is 5.32 Å². The van der Waals surface area contributed by atoms with Crippen molar-refractivity contribution in [2.75, 3.05) is 6.54 Å². The van der Waals surface area contributed by atoms with Gasteiger partial charge in [0, 0.05) is 17.5 Å². The maximum absolute atomic E-state index is 13.3. The van der Waals surface area contributed by atoms with E-state index in [1.54, 1.807) is 0 Å². The predicted molar refractivity (Wildman–Crippen MR) is 67.6 cm³/mol. The Balaban J connectivity index is 2.45. The van der Waals surface area contributed by atoms with Gasteiger partial charge in [-0.15, -0.1) is 11.6 Å². The van der Waals surface area contributed by atoms with Gasteiger partial charge in [0.25, 0.3) is 0 Å². The van der Waals surface area contributed by atoms with Crippen LogP contribution in [0.5, 0.6) is 0 Å². The molecule has 0 aliphatic carbocycles. The predicted octanol–water partition coefficient (Wildman–Crippen LogP) is 3.03. The number of halogens is 3. The van der Waals surface area contributed by atoms with E-state index in [0.717, 1.165) is 18.6 Å². The van der Waals surface area contributed by atoms with Crippen molar-refractivity contribution < 1.29 is 13.6 Å². The van der Waals surface area contributed by atoms with Crippen molar-refractivity contribution in [3.05, 3.63) is 35.4 Å². The third-order valence-electron chi connectivity index (χ3n) is 2.62. The molecular weight excluding hydrogens is 260 g/mol. The molecule has 18 heavy (non-hydrogen) atoms. The number of hydrogen-bond acceptors (Lipinski definition) is 1. The molecule has 1 rings (SSSR count). The van der Waals surface area contributed by atoms with Crippen molar-refractivity contribution in [1.29, 1.82) is 0 Å². The molecule has 100 valence electrons. The Hall–Kier alpha value is -1.16. The van der Waals surface area contributed by atoms with E-state index in [1.807, 2.05) is 6.92 Å². The zero-order chi connectivity index (χ0) is 13.5. The highest BCUT2D eigenvalue weighted by atomic mass is 35.5. The monoisotopic (exact) mass is 275 g/mol. The first kappa shape index (κ1) is 14.9. The highest BCUT2D eigenvalue weighted by molar-refractivity contribution is 6.20. The minimum absolute atomic E-state index is 0.00972. The Kier molecular flexibility index (Phi) is 6.05. The Morgan fingerprint density at radius 3 is 2.56 bits per heavy atom. The summed E-state index contributed by atoms with van der Waals surface area (Å²) in [6, 6.07) is 3.54. The molecule has 0 radical (unpaired) electrons. The largest absolute Gasteiger partial charge is 0.356 e. The molecule has 1 amide bonds. The zero-order valence-electron chi connectivity index (χ0n) is 10.2. The molecule has 1 aromatic rings. The van der Waals surface area contributed by atoms with Gasteiger partial charge in [-0.05, 0) is 25.0 Å². The molecule has 0 spiro atoms. The first-order valence-electron chi connectivity index (χ1n) is 5.88. The molecular formula is C13H16ClF2NO. The van der Waals surface area contributed by atoms with Crippen LogP contribution >= 0.6 is 11.6 Å². The van der Waals surface area contributed by atoms with Crippen LogP contribution < -0.4 is 5.32 Å². The first-order valence-corrected chi connectivity index (χ1v) is 6.32. The van der Waals surface area contributed by atoms with E-state index in [4.69, 9.17) is 11.6 Å². The van der Waals surface area contributed by atoms with Crippen molar-refractivity contribution in [3.63, 3.8) is 0 Å². The maximum atomic E-state index is 13.3. The van der Waals surface area contributed by atoms with E-state index in [-0.39, 0.29) is 17.4 Å². The highest BCUT2D eigenvalue weighted by Crippen LogP contribution is 2.12. The molecule has 0 bridgehead atoms. The van der Waals surface area contributed by atoms with Crippen LogP contribution in [0.2, 0.25) is 0 Å². The zero-order valence-corrected chi connectivity index (χ0v) is 10.9. The van der Waals surface area contributed by atoms with E-state index in [2.05, 4.69) is 5.32 Å². The van der Waals surface area contributed by atoms with Crippen LogP contribution in [0.25, 0.3) is 0 Å². The van der Waals surface area contributed by atoms with Gasteiger partial charge in [-0.25, -0.2) is 8.78 Å². The molecule has 0 aliphatic heterocycles. The fraction of sp³-hybridized carbons (Fsp3) is 0.462. The van der Waals surface area contributed by atoms with Crippen LogP contribution in [-0.4, -0.2) is 17.8 Å². The number of amides is 1. The molecule has 1 atom stereocenters. The number of alkyl halides is 1. The number of benzene rings is 1. The van der Waals surface area contributed by atoms with Crippen LogP contribution in [0, 0.1) is 11.6 Å². The van der Waals surface area contributed by atoms with Gasteiger partial charge in [0.15, 0.2) is 0 Å². The standard InChI is InChI=1S/C13H16ClF2NO/c1-2-9(14)6-7-17-13(18)8-10-11(15)4-3-5-12(10)16/h3-5,9H,2,6-8H2,1H3,(H,17,18). The average molecular weight is 276 g/mol. The summed E-state index contributed by atoms with van der Waals surface area (Å²) in [6.07, 6.45) is 1.17. The lowest BCUT2D eigenvalue weighted by Crippen LogP contribution is -2.28. The summed E-state index contributed by atoms with van der Waals surface area (Å²) >= 11 is 5.89. The second-order valence-electron chi connectivity index (χ2n) is 4.02. The molecule has 0 fully saturated rings. The summed E-state index contributed by atoms with van der Waals surface area (Å²) in [5.41, 5.74) is -0.201. The molecule has 1 aromatic carbocycles. The van der Waals surface area contributed by atoms with Gasteiger partial charge in [0.2, 0.25) is 5.91 Å². The van der Waals surface area contributed by atoms with Crippen molar-refractivity contribution in [1.82, 2.24) is 5.32 Å². The second kappa shape index (κ2) is 7.31. The summed E-state index contributed by atoms with van der Waals surface area (Å²) in [5.74, 6) is -1.80. The lowest BCUT2D eigenvalue weighted by Gasteiger charge is -2.09. The summed E-state index contributed by atoms with van der Waals surface area (Å²) in [5, 5.41) is 2.60. The van der Waals surface area contributed by atoms with Gasteiger partial charge in [0.1, 0.15) is 11.6 Å². The van der Waals surface area contributed by atoms with E-state index in [9.17, 15) is 13.6 Å². The van der Waals surface area contributed by atoms with Crippen LogP contribution in [-0.2, 0) is 11.2 Å². The molecule has 0 aliphatic rings. The molecule has 0 saturated heterocycles. The average Bonchev–Trinajstić information content (AvgIpc) is 2.34. The van der Waals surface area contributed by atoms with Gasteiger partial charge in [0.05, 0.1) is 6.42 Å². The molecule has 0 saturated carbocycles. The van der Waals surface area contributed by atoms with E-state index >= 15 is 0 Å². The van der Waals surface area contributed by atoms with Crippen molar-refractivity contribution >= 4 is 17.5 Å². The van der Waals surface area contributed by atoms with Crippen molar-refractivity contribution in [2.45, 2.75) is 31.6 Å². The normalized spacial score (nSPS) is 12.2. The molecule has 2 nitrogen and oxygen atoms in total. The molecule has 0 heterocycles. The van der Waals surface area contributed by atoms with Crippen LogP contribution in [0.1, 0.15) is 25.3 Å². The van der Waals surface area contributed by atoms with Crippen molar-refractivity contribution in [2.24, 2.45) is 0 Å². The Morgan fingerprint density at radius 1 is 1.39 bits per heavy atom. The third-order valence-corrected chi connectivity index (χ3v) is 3.15. The van der Waals surface area contributed by atoms with Crippen LogP contribution in [0.3, 0.4) is 0 Å². The molecule has 1 unspecified atom stereocenters. The lowest BCUT2D eigenvalue weighted by atomic mass is 10.1. The smallest absolute Gasteiger partial charge is 0.224 e. The summed E-state index contributed by atoms with van der Waals surface area (Å²) in [4.78, 5) is 11.5. The SMILES string of the molecule is CCC(Cl)CCNC(=O)Cc1c(F)cccc1F. The van der Waals surface area contributed by atoms with Crippen molar-refractivity contribution in [3.8, 4) is 0 Å². The quantitative estimate of drug-likeness (QED) is 0.795. The number of hydrogen-bond donors (Lipinski definition) is 1. The summed E-state index contributed by atoms with van der Waals surface area (Å²) < 4.78 is 26.5. The summed E-state index contributed by atoms with van der Waals surface area (Å²) in [7, 11) is 0. The Morgan fingerprint density at radius 2 is 2.00 bits per heavy atom. The second-order valence-corrected chi connectivity index (χ2v) is 4.64. The number of nitrogens with one attached hydrogen (secondary N) is 1. The number of carbonyl (C=O) groups is 1. The molecule has 1 N–H and O–H groups in total. The van der Waals surface area contributed by atoms with E-state index < -0.39 is 17.5 Å². The third kappa shape index (κ3) is 4.61. The minimum Gasteiger partial charge on any atom is -0.356 e. The molecule has 0 aromatic heterocycles. The minimum atomic E-state index is -0.700. The van der Waals surface area contributed by atoms with Gasteiger partial charge in [-0.2, -0.15) is 0 Å². The number of rotatable bonds is 6. The van der Waals surface area contributed by atoms with Gasteiger partial charge >= 0.3 is 0 Å². The van der Waals surface area contributed by atoms with E-state index in [1.165, 1.54) is 6.07 Å². The van der Waals surface area contributed by atoms with Gasteiger partial charge in [-0.3, -0.25) is 4.79 Å². The number of carbonyl (C=O) groups excluding carboxylic acids is 1. The summed E-state index contributed by atoms with van der Waals surface area (Å²) in [6.45, 7) is 2.37.